The van der Waals surface area contributed by atoms with Crippen LogP contribution in [0, 0.1) is 5.92 Å². The molecule has 0 spiro atoms. The van der Waals surface area contributed by atoms with E-state index >= 15 is 0 Å². The second kappa shape index (κ2) is 6.87. The molecular weight excluding hydrogens is 216 g/mol. The van der Waals surface area contributed by atoms with Crippen LogP contribution < -0.4 is 11.3 Å². The normalized spacial score (nSPS) is 26.1. The summed E-state index contributed by atoms with van der Waals surface area (Å²) in [6.45, 7) is 0. The number of nitrogens with two attached hydrogens (primary N) is 1. The van der Waals surface area contributed by atoms with E-state index in [4.69, 9.17) is 5.84 Å². The maximum absolute atomic E-state index is 5.70. The zero-order valence-electron chi connectivity index (χ0n) is 10.3. The van der Waals surface area contributed by atoms with Gasteiger partial charge in [-0.25, -0.2) is 0 Å². The molecule has 2 aliphatic carbocycles. The molecule has 2 rings (SSSR count). The predicted octanol–water partition coefficient (Wildman–Crippen LogP) is 3.07. The van der Waals surface area contributed by atoms with E-state index in [9.17, 15) is 0 Å². The molecule has 16 heavy (non-hydrogen) atoms. The third-order valence-corrected chi connectivity index (χ3v) is 5.74. The molecule has 3 heteroatoms. The first-order valence-electron chi connectivity index (χ1n) is 6.98. The van der Waals surface area contributed by atoms with Crippen LogP contribution in [0.5, 0.6) is 0 Å². The lowest BCUT2D eigenvalue weighted by Gasteiger charge is -2.26. The van der Waals surface area contributed by atoms with Crippen molar-refractivity contribution >= 4 is 11.8 Å². The molecule has 0 aliphatic heterocycles. The smallest absolute Gasteiger partial charge is 0.0329 e. The Morgan fingerprint density at radius 1 is 1.00 bits per heavy atom. The summed E-state index contributed by atoms with van der Waals surface area (Å²) in [5.74, 6) is 7.78. The van der Waals surface area contributed by atoms with Gasteiger partial charge in [-0.1, -0.05) is 32.1 Å². The quantitative estimate of drug-likeness (QED) is 0.575. The largest absolute Gasteiger partial charge is 0.271 e. The molecule has 1 unspecified atom stereocenters. The Hall–Kier alpha value is 0.270. The lowest BCUT2D eigenvalue weighted by molar-refractivity contribution is 0.392. The molecule has 0 radical (unpaired) electrons. The molecule has 2 saturated carbocycles. The summed E-state index contributed by atoms with van der Waals surface area (Å²) in [7, 11) is 0. The highest BCUT2D eigenvalue weighted by Gasteiger charge is 2.25. The molecule has 2 nitrogen and oxygen atoms in total. The minimum atomic E-state index is 0.564. The van der Waals surface area contributed by atoms with Crippen LogP contribution in [0.2, 0.25) is 0 Å². The average molecular weight is 242 g/mol. The fourth-order valence-corrected chi connectivity index (χ4v) is 4.67. The van der Waals surface area contributed by atoms with Gasteiger partial charge in [0.1, 0.15) is 0 Å². The van der Waals surface area contributed by atoms with Crippen LogP contribution in [0.25, 0.3) is 0 Å². The topological polar surface area (TPSA) is 38.0 Å². The highest BCUT2D eigenvalue weighted by Crippen LogP contribution is 2.32. The van der Waals surface area contributed by atoms with Gasteiger partial charge in [-0.2, -0.15) is 11.8 Å². The molecule has 0 heterocycles. The SMILES string of the molecule is NNC(CSC1CCCCC1)C1CCCC1. The number of thioether (sulfide) groups is 1. The second-order valence-corrected chi connectivity index (χ2v) is 6.74. The zero-order valence-corrected chi connectivity index (χ0v) is 11.1. The van der Waals surface area contributed by atoms with E-state index in [0.29, 0.717) is 6.04 Å². The van der Waals surface area contributed by atoms with Crippen molar-refractivity contribution in [1.82, 2.24) is 5.43 Å². The molecule has 0 bridgehead atoms. The van der Waals surface area contributed by atoms with E-state index < -0.39 is 0 Å². The molecular formula is C13H26N2S. The van der Waals surface area contributed by atoms with Crippen molar-refractivity contribution in [2.75, 3.05) is 5.75 Å². The lowest BCUT2D eigenvalue weighted by atomic mass is 10.00. The summed E-state index contributed by atoms with van der Waals surface area (Å²) < 4.78 is 0. The Kier molecular flexibility index (Phi) is 5.46. The second-order valence-electron chi connectivity index (χ2n) is 5.41. The van der Waals surface area contributed by atoms with Gasteiger partial charge in [-0.3, -0.25) is 11.3 Å². The fraction of sp³-hybridized carbons (Fsp3) is 1.00. The van der Waals surface area contributed by atoms with E-state index in [1.54, 1.807) is 0 Å². The minimum Gasteiger partial charge on any atom is -0.271 e. The Morgan fingerprint density at radius 2 is 1.62 bits per heavy atom. The Bertz CT molecular complexity index is 186. The van der Waals surface area contributed by atoms with Crippen molar-refractivity contribution in [1.29, 1.82) is 0 Å². The van der Waals surface area contributed by atoms with Crippen LogP contribution in [0.3, 0.4) is 0 Å². The third kappa shape index (κ3) is 3.64. The van der Waals surface area contributed by atoms with Crippen LogP contribution in [0.15, 0.2) is 0 Å². The molecule has 2 aliphatic rings. The summed E-state index contributed by atoms with van der Waals surface area (Å²) in [5, 5.41) is 0.922. The highest BCUT2D eigenvalue weighted by molar-refractivity contribution is 7.99. The Morgan fingerprint density at radius 3 is 2.25 bits per heavy atom. The highest BCUT2D eigenvalue weighted by atomic mass is 32.2. The Balaban J connectivity index is 1.69. The monoisotopic (exact) mass is 242 g/mol. The van der Waals surface area contributed by atoms with Gasteiger partial charge in [0, 0.05) is 17.0 Å². The summed E-state index contributed by atoms with van der Waals surface area (Å²) in [5.41, 5.74) is 3.06. The first-order valence-corrected chi connectivity index (χ1v) is 8.03. The molecule has 0 aromatic rings. The molecule has 94 valence electrons. The van der Waals surface area contributed by atoms with Crippen molar-refractivity contribution in [3.8, 4) is 0 Å². The summed E-state index contributed by atoms with van der Waals surface area (Å²) in [4.78, 5) is 0. The predicted molar refractivity (Wildman–Crippen MR) is 72.4 cm³/mol. The van der Waals surface area contributed by atoms with Crippen LogP contribution in [-0.2, 0) is 0 Å². The number of hydrogen-bond donors (Lipinski definition) is 2. The van der Waals surface area contributed by atoms with Crippen LogP contribution in [-0.4, -0.2) is 17.0 Å². The van der Waals surface area contributed by atoms with Crippen molar-refractivity contribution in [2.24, 2.45) is 11.8 Å². The first-order chi connectivity index (χ1) is 7.90. The summed E-state index contributed by atoms with van der Waals surface area (Å²) in [6, 6.07) is 0.564. The third-order valence-electron chi connectivity index (χ3n) is 4.25. The first kappa shape index (κ1) is 12.7. The van der Waals surface area contributed by atoms with Gasteiger partial charge in [0.25, 0.3) is 0 Å². The summed E-state index contributed by atoms with van der Waals surface area (Å²) >= 11 is 2.17. The fourth-order valence-electron chi connectivity index (χ4n) is 3.15. The van der Waals surface area contributed by atoms with Crippen LogP contribution in [0.1, 0.15) is 57.8 Å². The van der Waals surface area contributed by atoms with Crippen molar-refractivity contribution in [3.05, 3.63) is 0 Å². The molecule has 1 atom stereocenters. The lowest BCUT2D eigenvalue weighted by Crippen LogP contribution is -2.42. The molecule has 0 aromatic heterocycles. The van der Waals surface area contributed by atoms with Crippen LogP contribution >= 0.6 is 11.8 Å². The van der Waals surface area contributed by atoms with Gasteiger partial charge < -0.3 is 0 Å². The van der Waals surface area contributed by atoms with E-state index in [2.05, 4.69) is 17.2 Å². The van der Waals surface area contributed by atoms with Gasteiger partial charge >= 0.3 is 0 Å². The molecule has 0 saturated heterocycles. The minimum absolute atomic E-state index is 0.564. The number of hydrogen-bond acceptors (Lipinski definition) is 3. The summed E-state index contributed by atoms with van der Waals surface area (Å²) in [6.07, 6.45) is 12.8. The molecule has 3 N–H and O–H groups in total. The van der Waals surface area contributed by atoms with E-state index in [0.717, 1.165) is 11.2 Å². The van der Waals surface area contributed by atoms with Gasteiger partial charge in [0.2, 0.25) is 0 Å². The van der Waals surface area contributed by atoms with Gasteiger partial charge in [-0.15, -0.1) is 0 Å². The molecule has 0 aromatic carbocycles. The zero-order chi connectivity index (χ0) is 11.2. The van der Waals surface area contributed by atoms with Gasteiger partial charge in [-0.05, 0) is 31.6 Å². The standard InChI is InChI=1S/C13H26N2S/c14-15-13(11-6-4-5-7-11)10-16-12-8-2-1-3-9-12/h11-13,15H,1-10,14H2. The molecule has 2 fully saturated rings. The average Bonchev–Trinajstić information content (AvgIpc) is 2.85. The van der Waals surface area contributed by atoms with E-state index in [-0.39, 0.29) is 0 Å². The molecule has 0 amide bonds. The van der Waals surface area contributed by atoms with E-state index in [1.165, 1.54) is 63.5 Å². The number of hydrazine groups is 1. The number of nitrogens with one attached hydrogen (secondary N) is 1. The van der Waals surface area contributed by atoms with Gasteiger partial charge in [0.05, 0.1) is 0 Å². The Labute approximate surface area is 104 Å². The van der Waals surface area contributed by atoms with Gasteiger partial charge in [0.15, 0.2) is 0 Å². The maximum atomic E-state index is 5.70. The van der Waals surface area contributed by atoms with Crippen molar-refractivity contribution in [3.63, 3.8) is 0 Å². The van der Waals surface area contributed by atoms with Crippen LogP contribution in [0.4, 0.5) is 0 Å². The van der Waals surface area contributed by atoms with Crippen molar-refractivity contribution < 1.29 is 0 Å². The van der Waals surface area contributed by atoms with E-state index in [1.807, 2.05) is 0 Å². The van der Waals surface area contributed by atoms with Crippen molar-refractivity contribution in [2.45, 2.75) is 69.1 Å². The maximum Gasteiger partial charge on any atom is 0.0329 e. The number of rotatable bonds is 5.